The predicted octanol–water partition coefficient (Wildman–Crippen LogP) is 3.28. The largest absolute Gasteiger partial charge is 0.407 e. The Bertz CT molecular complexity index is 286. The first-order valence-electron chi connectivity index (χ1n) is 3.49. The van der Waals surface area contributed by atoms with Crippen molar-refractivity contribution in [3.05, 3.63) is 33.4 Å². The maximum Gasteiger partial charge on any atom is 0.407 e. The minimum Gasteiger partial charge on any atom is -0.316 e. The Morgan fingerprint density at radius 1 is 1.14 bits per heavy atom. The Labute approximate surface area is 99.4 Å². The van der Waals surface area contributed by atoms with Crippen LogP contribution in [0.5, 0.6) is 0 Å². The molecule has 0 bridgehead atoms. The molecule has 0 saturated heterocycles. The molecule has 80 valence electrons. The maximum atomic E-state index is 12.1. The molecule has 14 heavy (non-hydrogen) atoms. The van der Waals surface area contributed by atoms with E-state index in [1.165, 1.54) is 12.1 Å². The van der Waals surface area contributed by atoms with Gasteiger partial charge in [-0.2, -0.15) is 13.2 Å². The van der Waals surface area contributed by atoms with Gasteiger partial charge in [0, 0.05) is 3.57 Å². The highest BCUT2D eigenvalue weighted by Gasteiger charge is 2.37. The van der Waals surface area contributed by atoms with Crippen LogP contribution < -0.4 is 5.73 Å². The van der Waals surface area contributed by atoms with Crippen LogP contribution in [0.15, 0.2) is 24.3 Å². The molecule has 0 aliphatic rings. The molecule has 0 spiro atoms. The summed E-state index contributed by atoms with van der Waals surface area (Å²) in [6.07, 6.45) is -4.37. The Hall–Kier alpha value is -0.0100. The molecule has 1 aromatic carbocycles. The van der Waals surface area contributed by atoms with Crippen molar-refractivity contribution in [3.8, 4) is 0 Å². The molecule has 0 radical (unpaired) electrons. The molecule has 0 saturated carbocycles. The van der Waals surface area contributed by atoms with E-state index < -0.39 is 12.2 Å². The van der Waals surface area contributed by atoms with Gasteiger partial charge in [-0.25, -0.2) is 0 Å². The summed E-state index contributed by atoms with van der Waals surface area (Å²) in [5, 5.41) is 0. The smallest absolute Gasteiger partial charge is 0.316 e. The first-order chi connectivity index (χ1) is 5.91. The quantitative estimate of drug-likeness (QED) is 0.782. The number of halogens is 5. The highest BCUT2D eigenvalue weighted by Crippen LogP contribution is 2.30. The molecule has 2 N–H and O–H groups in total. The van der Waals surface area contributed by atoms with Crippen molar-refractivity contribution in [2.24, 2.45) is 5.73 Å². The maximum absolute atomic E-state index is 12.1. The van der Waals surface area contributed by atoms with Crippen molar-refractivity contribution < 1.29 is 13.2 Å². The summed E-state index contributed by atoms with van der Waals surface area (Å²) >= 11 is 2.02. The number of hydrogen-bond acceptors (Lipinski definition) is 1. The van der Waals surface area contributed by atoms with Gasteiger partial charge in [-0.1, -0.05) is 12.1 Å². The molecule has 0 amide bonds. The number of hydrogen-bond donors (Lipinski definition) is 1. The van der Waals surface area contributed by atoms with Crippen molar-refractivity contribution in [1.82, 2.24) is 0 Å². The van der Waals surface area contributed by atoms with E-state index in [9.17, 15) is 13.2 Å². The molecule has 0 aliphatic carbocycles. The van der Waals surface area contributed by atoms with E-state index in [1.807, 2.05) is 22.6 Å². The van der Waals surface area contributed by atoms with Gasteiger partial charge in [0.05, 0.1) is 0 Å². The van der Waals surface area contributed by atoms with E-state index in [4.69, 9.17) is 5.73 Å². The molecular formula is C8H8ClF3IN. The summed E-state index contributed by atoms with van der Waals surface area (Å²) in [6, 6.07) is 4.09. The van der Waals surface area contributed by atoms with Crippen molar-refractivity contribution in [1.29, 1.82) is 0 Å². The lowest BCUT2D eigenvalue weighted by molar-refractivity contribution is -0.149. The normalized spacial score (nSPS) is 13.2. The third kappa shape index (κ3) is 3.62. The van der Waals surface area contributed by atoms with Crippen LogP contribution in [0.2, 0.25) is 0 Å². The third-order valence-corrected chi connectivity index (χ3v) is 2.30. The lowest BCUT2D eigenvalue weighted by Crippen LogP contribution is -2.28. The van der Waals surface area contributed by atoms with Crippen LogP contribution in [0.3, 0.4) is 0 Å². The third-order valence-electron chi connectivity index (χ3n) is 1.58. The second-order valence-corrected chi connectivity index (χ2v) is 3.82. The van der Waals surface area contributed by atoms with Gasteiger partial charge in [-0.05, 0) is 40.3 Å². The number of nitrogens with two attached hydrogens (primary N) is 1. The summed E-state index contributed by atoms with van der Waals surface area (Å²) in [5.41, 5.74) is 5.09. The Balaban J connectivity index is 0.00000169. The highest BCUT2D eigenvalue weighted by atomic mass is 127. The fourth-order valence-electron chi connectivity index (χ4n) is 0.859. The summed E-state index contributed by atoms with van der Waals surface area (Å²) in [6.45, 7) is 0. The van der Waals surface area contributed by atoms with Crippen LogP contribution in [-0.2, 0) is 0 Å². The molecule has 0 aliphatic heterocycles. The van der Waals surface area contributed by atoms with Gasteiger partial charge in [0.2, 0.25) is 0 Å². The Morgan fingerprint density at radius 2 is 1.57 bits per heavy atom. The first kappa shape index (κ1) is 14.0. The minimum absolute atomic E-state index is 0. The zero-order chi connectivity index (χ0) is 10.1. The molecule has 0 heterocycles. The summed E-state index contributed by atoms with van der Waals surface area (Å²) < 4.78 is 37.2. The molecule has 0 aromatic heterocycles. The van der Waals surface area contributed by atoms with Crippen molar-refractivity contribution in [2.45, 2.75) is 12.2 Å². The summed E-state index contributed by atoms with van der Waals surface area (Å²) in [4.78, 5) is 0. The molecule has 1 aromatic rings. The van der Waals surface area contributed by atoms with E-state index in [1.54, 1.807) is 12.1 Å². The topological polar surface area (TPSA) is 26.0 Å². The van der Waals surface area contributed by atoms with Gasteiger partial charge < -0.3 is 5.73 Å². The molecular weight excluding hydrogens is 329 g/mol. The zero-order valence-electron chi connectivity index (χ0n) is 6.88. The second-order valence-electron chi connectivity index (χ2n) is 2.57. The zero-order valence-corrected chi connectivity index (χ0v) is 9.86. The van der Waals surface area contributed by atoms with Crippen LogP contribution in [0, 0.1) is 3.57 Å². The molecule has 6 heteroatoms. The van der Waals surface area contributed by atoms with E-state index in [2.05, 4.69) is 0 Å². The van der Waals surface area contributed by atoms with Crippen LogP contribution in [0.1, 0.15) is 11.6 Å². The molecule has 1 atom stereocenters. The second kappa shape index (κ2) is 5.18. The van der Waals surface area contributed by atoms with E-state index >= 15 is 0 Å². The fraction of sp³-hybridized carbons (Fsp3) is 0.250. The first-order valence-corrected chi connectivity index (χ1v) is 4.57. The van der Waals surface area contributed by atoms with Gasteiger partial charge in [-0.3, -0.25) is 0 Å². The lowest BCUT2D eigenvalue weighted by Gasteiger charge is -2.15. The van der Waals surface area contributed by atoms with Crippen LogP contribution in [0.4, 0.5) is 13.2 Å². The summed E-state index contributed by atoms with van der Waals surface area (Å²) in [7, 11) is 0. The van der Waals surface area contributed by atoms with Crippen LogP contribution in [-0.4, -0.2) is 6.18 Å². The monoisotopic (exact) mass is 337 g/mol. The van der Waals surface area contributed by atoms with Gasteiger partial charge in [0.1, 0.15) is 6.04 Å². The summed E-state index contributed by atoms with van der Waals surface area (Å²) in [5.74, 6) is 0. The molecule has 0 fully saturated rings. The fourth-order valence-corrected chi connectivity index (χ4v) is 1.22. The van der Waals surface area contributed by atoms with Crippen molar-refractivity contribution in [2.75, 3.05) is 0 Å². The average molecular weight is 338 g/mol. The van der Waals surface area contributed by atoms with Gasteiger partial charge in [0.25, 0.3) is 0 Å². The molecule has 1 rings (SSSR count). The Kier molecular flexibility index (Phi) is 5.17. The van der Waals surface area contributed by atoms with E-state index in [-0.39, 0.29) is 18.0 Å². The van der Waals surface area contributed by atoms with Gasteiger partial charge >= 0.3 is 6.18 Å². The van der Waals surface area contributed by atoms with E-state index in [0.29, 0.717) is 0 Å². The average Bonchev–Trinajstić information content (AvgIpc) is 2.03. The minimum atomic E-state index is -4.37. The highest BCUT2D eigenvalue weighted by molar-refractivity contribution is 14.1. The van der Waals surface area contributed by atoms with Crippen LogP contribution >= 0.6 is 35.0 Å². The predicted molar refractivity (Wildman–Crippen MR) is 59.4 cm³/mol. The molecule has 0 unspecified atom stereocenters. The number of alkyl halides is 3. The molecule has 1 nitrogen and oxygen atoms in total. The Morgan fingerprint density at radius 3 is 1.93 bits per heavy atom. The number of rotatable bonds is 1. The van der Waals surface area contributed by atoms with Crippen molar-refractivity contribution >= 4 is 35.0 Å². The lowest BCUT2D eigenvalue weighted by atomic mass is 10.1. The van der Waals surface area contributed by atoms with Crippen LogP contribution in [0.25, 0.3) is 0 Å². The number of benzene rings is 1. The standard InChI is InChI=1S/C8H7F3IN.ClH/c9-8(10,11)7(13)5-1-3-6(12)4-2-5;/h1-4,7H,13H2;1H/t7-;/m1./s1. The SMILES string of the molecule is Cl.N[C@H](c1ccc(I)cc1)C(F)(F)F. The van der Waals surface area contributed by atoms with E-state index in [0.717, 1.165) is 3.57 Å². The van der Waals surface area contributed by atoms with Gasteiger partial charge in [-0.15, -0.1) is 12.4 Å². The van der Waals surface area contributed by atoms with Gasteiger partial charge in [0.15, 0.2) is 0 Å². The van der Waals surface area contributed by atoms with Crippen molar-refractivity contribution in [3.63, 3.8) is 0 Å².